The van der Waals surface area contributed by atoms with Crippen molar-refractivity contribution in [3.8, 4) is 0 Å². The number of ketones is 1. The van der Waals surface area contributed by atoms with E-state index in [9.17, 15) is 9.59 Å². The third-order valence-corrected chi connectivity index (χ3v) is 3.73. The molecule has 136 valence electrons. The van der Waals surface area contributed by atoms with Crippen LogP contribution in [0.5, 0.6) is 0 Å². The molecule has 0 saturated carbocycles. The minimum atomic E-state index is -0.610. The molecule has 1 aliphatic rings. The van der Waals surface area contributed by atoms with Crippen molar-refractivity contribution in [2.24, 2.45) is 0 Å². The van der Waals surface area contributed by atoms with Gasteiger partial charge in [0.25, 0.3) is 0 Å². The van der Waals surface area contributed by atoms with Crippen molar-refractivity contribution >= 4 is 24.0 Å². The molecule has 1 fully saturated rings. The molecule has 3 heterocycles. The molecular formula is C20H21NO5. The summed E-state index contributed by atoms with van der Waals surface area (Å²) in [5, 5.41) is 0. The number of ether oxygens (including phenoxy) is 1. The average Bonchev–Trinajstić information content (AvgIpc) is 3.23. The fraction of sp³-hybridized carbons (Fsp3) is 0.300. The molecule has 26 heavy (non-hydrogen) atoms. The Kier molecular flexibility index (Phi) is 4.84. The summed E-state index contributed by atoms with van der Waals surface area (Å²) >= 11 is 0. The lowest BCUT2D eigenvalue weighted by Crippen LogP contribution is -2.44. The predicted molar refractivity (Wildman–Crippen MR) is 96.2 cm³/mol. The van der Waals surface area contributed by atoms with Gasteiger partial charge in [0.05, 0.1) is 38.1 Å². The number of piperidine rings is 1. The molecule has 6 heteroatoms. The van der Waals surface area contributed by atoms with Crippen LogP contribution in [0.15, 0.2) is 57.2 Å². The first-order valence-corrected chi connectivity index (χ1v) is 8.30. The van der Waals surface area contributed by atoms with Gasteiger partial charge in [-0.05, 0) is 45.1 Å². The van der Waals surface area contributed by atoms with Gasteiger partial charge < -0.3 is 13.6 Å². The number of hydrogen-bond acceptors (Lipinski definition) is 5. The summed E-state index contributed by atoms with van der Waals surface area (Å²) in [4.78, 5) is 26.9. The van der Waals surface area contributed by atoms with Crippen LogP contribution in [0.3, 0.4) is 0 Å². The fourth-order valence-corrected chi connectivity index (χ4v) is 2.61. The zero-order chi connectivity index (χ0) is 18.7. The van der Waals surface area contributed by atoms with Crippen molar-refractivity contribution in [3.05, 3.63) is 59.5 Å². The second-order valence-electron chi connectivity index (χ2n) is 7.12. The van der Waals surface area contributed by atoms with E-state index >= 15 is 0 Å². The molecule has 3 rings (SSSR count). The summed E-state index contributed by atoms with van der Waals surface area (Å²) in [6.45, 7) is 5.79. The highest BCUT2D eigenvalue weighted by Gasteiger charge is 2.31. The lowest BCUT2D eigenvalue weighted by Gasteiger charge is -2.31. The van der Waals surface area contributed by atoms with Crippen LogP contribution >= 0.6 is 0 Å². The largest absolute Gasteiger partial charge is 0.472 e. The Morgan fingerprint density at radius 3 is 1.92 bits per heavy atom. The zero-order valence-electron chi connectivity index (χ0n) is 15.0. The smallest absolute Gasteiger partial charge is 0.410 e. The Balaban J connectivity index is 1.92. The molecule has 0 atom stereocenters. The summed E-state index contributed by atoms with van der Waals surface area (Å²) in [7, 11) is 0. The minimum absolute atomic E-state index is 0.104. The van der Waals surface area contributed by atoms with Crippen LogP contribution in [-0.2, 0) is 9.53 Å². The summed E-state index contributed by atoms with van der Waals surface area (Å²) in [6, 6.07) is 3.51. The first-order chi connectivity index (χ1) is 12.3. The van der Waals surface area contributed by atoms with Gasteiger partial charge in [-0.3, -0.25) is 9.69 Å². The minimum Gasteiger partial charge on any atom is -0.472 e. The maximum atomic E-state index is 12.9. The van der Waals surface area contributed by atoms with Gasteiger partial charge in [0, 0.05) is 22.3 Å². The number of nitrogens with zero attached hydrogens (tertiary/aromatic N) is 1. The molecule has 0 radical (unpaired) electrons. The molecule has 0 bridgehead atoms. The van der Waals surface area contributed by atoms with Crippen molar-refractivity contribution in [1.82, 2.24) is 4.90 Å². The monoisotopic (exact) mass is 355 g/mol. The Labute approximate surface area is 151 Å². The van der Waals surface area contributed by atoms with Gasteiger partial charge >= 0.3 is 6.09 Å². The lowest BCUT2D eigenvalue weighted by atomic mass is 9.95. The van der Waals surface area contributed by atoms with Crippen molar-refractivity contribution in [3.63, 3.8) is 0 Å². The van der Waals surface area contributed by atoms with Crippen LogP contribution in [0, 0.1) is 0 Å². The van der Waals surface area contributed by atoms with Gasteiger partial charge in [-0.1, -0.05) is 0 Å². The van der Waals surface area contributed by atoms with E-state index in [2.05, 4.69) is 0 Å². The van der Waals surface area contributed by atoms with Gasteiger partial charge in [0.1, 0.15) is 5.60 Å². The summed E-state index contributed by atoms with van der Waals surface area (Å²) < 4.78 is 15.6. The molecule has 1 saturated heterocycles. The Hall–Kier alpha value is -3.02. The third kappa shape index (κ3) is 4.33. The van der Waals surface area contributed by atoms with Crippen LogP contribution in [-0.4, -0.2) is 35.5 Å². The number of likely N-dealkylation sites (tertiary alicyclic amines) is 1. The fourth-order valence-electron chi connectivity index (χ4n) is 2.61. The van der Waals surface area contributed by atoms with E-state index in [1.54, 1.807) is 36.8 Å². The number of carbonyl (C=O) groups is 2. The molecule has 1 aliphatic heterocycles. The van der Waals surface area contributed by atoms with Crippen LogP contribution in [0.25, 0.3) is 12.2 Å². The molecule has 2 aromatic heterocycles. The molecule has 0 unspecified atom stereocenters. The average molecular weight is 355 g/mol. The molecule has 0 N–H and O–H groups in total. The van der Waals surface area contributed by atoms with Crippen molar-refractivity contribution in [2.45, 2.75) is 26.4 Å². The van der Waals surface area contributed by atoms with E-state index in [0.29, 0.717) is 11.1 Å². The van der Waals surface area contributed by atoms with Crippen molar-refractivity contribution in [1.29, 1.82) is 0 Å². The molecule has 0 spiro atoms. The first-order valence-electron chi connectivity index (χ1n) is 8.30. The second kappa shape index (κ2) is 7.07. The van der Waals surface area contributed by atoms with E-state index in [4.69, 9.17) is 13.6 Å². The summed E-state index contributed by atoms with van der Waals surface area (Å²) in [5.74, 6) is -0.104. The van der Waals surface area contributed by atoms with Crippen molar-refractivity contribution < 1.29 is 23.2 Å². The van der Waals surface area contributed by atoms with E-state index in [1.807, 2.05) is 20.8 Å². The summed E-state index contributed by atoms with van der Waals surface area (Å²) in [5.41, 5.74) is 1.92. The number of carbonyl (C=O) groups excluding carboxylic acids is 2. The maximum Gasteiger partial charge on any atom is 0.410 e. The Bertz CT molecular complexity index is 779. The number of amides is 1. The molecule has 1 amide bonds. The van der Waals surface area contributed by atoms with Gasteiger partial charge in [-0.2, -0.15) is 0 Å². The van der Waals surface area contributed by atoms with Crippen LogP contribution < -0.4 is 0 Å². The quantitative estimate of drug-likeness (QED) is 0.756. The van der Waals surface area contributed by atoms with Crippen molar-refractivity contribution in [2.75, 3.05) is 13.1 Å². The highest BCUT2D eigenvalue weighted by Crippen LogP contribution is 2.24. The first kappa shape index (κ1) is 17.8. The van der Waals surface area contributed by atoms with Gasteiger partial charge in [-0.25, -0.2) is 4.79 Å². The van der Waals surface area contributed by atoms with E-state index < -0.39 is 11.7 Å². The molecular weight excluding hydrogens is 334 g/mol. The molecule has 2 aromatic rings. The Morgan fingerprint density at radius 1 is 1.04 bits per heavy atom. The highest BCUT2D eigenvalue weighted by molar-refractivity contribution is 6.15. The Morgan fingerprint density at radius 2 is 1.54 bits per heavy atom. The SMILES string of the molecule is CC(C)(C)OC(=O)N1C/C(=C\c2ccoc2)C(=O)/C(=C/c2ccoc2)C1. The highest BCUT2D eigenvalue weighted by atomic mass is 16.6. The van der Waals surface area contributed by atoms with Gasteiger partial charge in [0.15, 0.2) is 5.78 Å². The second-order valence-corrected chi connectivity index (χ2v) is 7.12. The normalized spacial score (nSPS) is 18.6. The summed E-state index contributed by atoms with van der Waals surface area (Å²) in [6.07, 6.45) is 9.16. The molecule has 0 aromatic carbocycles. The molecule has 6 nitrogen and oxygen atoms in total. The lowest BCUT2D eigenvalue weighted by molar-refractivity contribution is -0.113. The number of hydrogen-bond donors (Lipinski definition) is 0. The van der Waals surface area contributed by atoms with E-state index in [0.717, 1.165) is 11.1 Å². The van der Waals surface area contributed by atoms with Gasteiger partial charge in [-0.15, -0.1) is 0 Å². The molecule has 0 aliphatic carbocycles. The number of rotatable bonds is 2. The maximum absolute atomic E-state index is 12.9. The topological polar surface area (TPSA) is 72.9 Å². The third-order valence-electron chi connectivity index (χ3n) is 3.73. The van der Waals surface area contributed by atoms with Crippen LogP contribution in [0.4, 0.5) is 4.79 Å². The number of furan rings is 2. The standard InChI is InChI=1S/C20H21NO5/c1-20(2,3)26-19(23)21-10-16(8-14-4-6-24-12-14)18(22)17(11-21)9-15-5-7-25-13-15/h4-9,12-13H,10-11H2,1-3H3/b16-8+,17-9+. The van der Waals surface area contributed by atoms with Crippen LogP contribution in [0.2, 0.25) is 0 Å². The zero-order valence-corrected chi connectivity index (χ0v) is 15.0. The van der Waals surface area contributed by atoms with Crippen LogP contribution in [0.1, 0.15) is 31.9 Å². The predicted octanol–water partition coefficient (Wildman–Crippen LogP) is 4.16. The number of Topliss-reactive ketones (excluding diaryl/α,β-unsaturated/α-hetero) is 1. The van der Waals surface area contributed by atoms with E-state index in [1.165, 1.54) is 17.4 Å². The van der Waals surface area contributed by atoms with E-state index in [-0.39, 0.29) is 18.9 Å². The van der Waals surface area contributed by atoms with Gasteiger partial charge in [0.2, 0.25) is 0 Å².